The van der Waals surface area contributed by atoms with Crippen LogP contribution < -0.4 is 5.32 Å². The number of likely N-dealkylation sites (tertiary alicyclic amines) is 1. The van der Waals surface area contributed by atoms with Gasteiger partial charge in [0.2, 0.25) is 0 Å². The maximum atomic E-state index is 3.61. The first-order valence-electron chi connectivity index (χ1n) is 8.51. The molecule has 0 saturated carbocycles. The molecule has 1 aliphatic rings. The summed E-state index contributed by atoms with van der Waals surface area (Å²) in [4.78, 5) is 2.67. The van der Waals surface area contributed by atoms with Crippen LogP contribution in [-0.2, 0) is 0 Å². The molecule has 0 aliphatic carbocycles. The molecule has 0 aromatic heterocycles. The van der Waals surface area contributed by atoms with Crippen LogP contribution in [0.1, 0.15) is 56.3 Å². The lowest BCUT2D eigenvalue weighted by Crippen LogP contribution is -2.42. The Morgan fingerprint density at radius 2 is 1.81 bits per heavy atom. The van der Waals surface area contributed by atoms with Crippen molar-refractivity contribution in [2.45, 2.75) is 59.5 Å². The summed E-state index contributed by atoms with van der Waals surface area (Å²) in [6.07, 6.45) is 2.70. The van der Waals surface area contributed by atoms with Crippen LogP contribution in [0.3, 0.4) is 0 Å². The predicted octanol–water partition coefficient (Wildman–Crippen LogP) is 4.07. The highest BCUT2D eigenvalue weighted by atomic mass is 15.2. The Morgan fingerprint density at radius 3 is 2.43 bits per heavy atom. The highest BCUT2D eigenvalue weighted by molar-refractivity contribution is 5.30. The summed E-state index contributed by atoms with van der Waals surface area (Å²) < 4.78 is 0. The second-order valence-electron chi connectivity index (χ2n) is 7.16. The molecular weight excluding hydrogens is 256 g/mol. The first-order chi connectivity index (χ1) is 9.95. The summed E-state index contributed by atoms with van der Waals surface area (Å²) >= 11 is 0. The molecule has 2 unspecified atom stereocenters. The number of nitrogens with one attached hydrogen (secondary N) is 1. The van der Waals surface area contributed by atoms with Gasteiger partial charge in [0.15, 0.2) is 0 Å². The molecular formula is C19H32N2. The highest BCUT2D eigenvalue weighted by Crippen LogP contribution is 2.27. The third-order valence-electron chi connectivity index (χ3n) is 4.64. The molecule has 1 aromatic carbocycles. The fraction of sp³-hybridized carbons (Fsp3) is 0.684. The van der Waals surface area contributed by atoms with Gasteiger partial charge in [-0.2, -0.15) is 0 Å². The van der Waals surface area contributed by atoms with Crippen molar-refractivity contribution in [3.05, 3.63) is 34.9 Å². The average molecular weight is 288 g/mol. The van der Waals surface area contributed by atoms with Crippen LogP contribution in [0.15, 0.2) is 18.2 Å². The van der Waals surface area contributed by atoms with Crippen LogP contribution in [-0.4, -0.2) is 30.6 Å². The van der Waals surface area contributed by atoms with Crippen molar-refractivity contribution in [2.75, 3.05) is 19.6 Å². The molecule has 1 fully saturated rings. The quantitative estimate of drug-likeness (QED) is 0.878. The zero-order valence-electron chi connectivity index (χ0n) is 14.4. The molecule has 118 valence electrons. The van der Waals surface area contributed by atoms with Crippen molar-refractivity contribution in [2.24, 2.45) is 5.92 Å². The van der Waals surface area contributed by atoms with Gasteiger partial charge in [-0.25, -0.2) is 0 Å². The van der Waals surface area contributed by atoms with E-state index in [0.717, 1.165) is 12.5 Å². The summed E-state index contributed by atoms with van der Waals surface area (Å²) in [7, 11) is 0. The van der Waals surface area contributed by atoms with Crippen molar-refractivity contribution >= 4 is 0 Å². The molecule has 1 aromatic rings. The van der Waals surface area contributed by atoms with Crippen molar-refractivity contribution in [3.8, 4) is 0 Å². The molecule has 2 heteroatoms. The van der Waals surface area contributed by atoms with E-state index < -0.39 is 0 Å². The monoisotopic (exact) mass is 288 g/mol. The van der Waals surface area contributed by atoms with E-state index in [0.29, 0.717) is 12.1 Å². The molecule has 0 amide bonds. The van der Waals surface area contributed by atoms with Crippen molar-refractivity contribution in [1.82, 2.24) is 10.2 Å². The first-order valence-corrected chi connectivity index (χ1v) is 8.51. The van der Waals surface area contributed by atoms with E-state index in [4.69, 9.17) is 0 Å². The number of piperidine rings is 1. The van der Waals surface area contributed by atoms with Crippen molar-refractivity contribution in [3.63, 3.8) is 0 Å². The minimum absolute atomic E-state index is 0.533. The number of aryl methyl sites for hydroxylation is 2. The Morgan fingerprint density at radius 1 is 1.14 bits per heavy atom. The normalized spacial score (nSPS) is 21.7. The topological polar surface area (TPSA) is 15.3 Å². The van der Waals surface area contributed by atoms with Gasteiger partial charge in [-0.3, -0.25) is 4.90 Å². The van der Waals surface area contributed by atoms with Gasteiger partial charge in [-0.1, -0.05) is 43.2 Å². The van der Waals surface area contributed by atoms with E-state index in [1.165, 1.54) is 42.6 Å². The van der Waals surface area contributed by atoms with Crippen LogP contribution in [0.25, 0.3) is 0 Å². The Labute approximate surface area is 130 Å². The summed E-state index contributed by atoms with van der Waals surface area (Å²) in [6.45, 7) is 14.9. The smallest absolute Gasteiger partial charge is 0.0320 e. The van der Waals surface area contributed by atoms with E-state index in [2.05, 4.69) is 63.0 Å². The number of benzene rings is 1. The number of nitrogens with zero attached hydrogens (tertiary/aromatic N) is 1. The van der Waals surface area contributed by atoms with E-state index in [1.807, 2.05) is 0 Å². The Hall–Kier alpha value is -0.860. The third-order valence-corrected chi connectivity index (χ3v) is 4.64. The van der Waals surface area contributed by atoms with Crippen LogP contribution >= 0.6 is 0 Å². The Kier molecular flexibility index (Phi) is 5.83. The molecule has 2 rings (SSSR count). The van der Waals surface area contributed by atoms with Crippen molar-refractivity contribution in [1.29, 1.82) is 0 Å². The second-order valence-corrected chi connectivity index (χ2v) is 7.16. The van der Waals surface area contributed by atoms with E-state index >= 15 is 0 Å². The first kappa shape index (κ1) is 16.5. The molecule has 0 bridgehead atoms. The molecule has 1 saturated heterocycles. The zero-order chi connectivity index (χ0) is 15.4. The van der Waals surface area contributed by atoms with Crippen molar-refractivity contribution < 1.29 is 0 Å². The Bertz CT molecular complexity index is 433. The second kappa shape index (κ2) is 7.42. The fourth-order valence-electron chi connectivity index (χ4n) is 3.48. The average Bonchev–Trinajstić information content (AvgIpc) is 2.43. The Balaban J connectivity index is 1.99. The molecule has 21 heavy (non-hydrogen) atoms. The third kappa shape index (κ3) is 4.82. The largest absolute Gasteiger partial charge is 0.314 e. The number of hydrogen-bond acceptors (Lipinski definition) is 2. The lowest BCUT2D eigenvalue weighted by atomic mass is 9.94. The molecule has 1 N–H and O–H groups in total. The number of rotatable bonds is 5. The van der Waals surface area contributed by atoms with Crippen LogP contribution in [0.2, 0.25) is 0 Å². The predicted molar refractivity (Wildman–Crippen MR) is 91.8 cm³/mol. The lowest BCUT2D eigenvalue weighted by molar-refractivity contribution is 0.129. The van der Waals surface area contributed by atoms with Gasteiger partial charge >= 0.3 is 0 Å². The maximum absolute atomic E-state index is 3.61. The van der Waals surface area contributed by atoms with Gasteiger partial charge in [0.1, 0.15) is 0 Å². The minimum atomic E-state index is 0.533. The minimum Gasteiger partial charge on any atom is -0.314 e. The zero-order valence-corrected chi connectivity index (χ0v) is 14.4. The molecule has 0 spiro atoms. The van der Waals surface area contributed by atoms with Gasteiger partial charge in [0, 0.05) is 18.6 Å². The SMILES string of the molecule is Cc1cc(C)cc(C(C)N2CCCC(CNC(C)C)C2)c1. The van der Waals surface area contributed by atoms with E-state index in [1.54, 1.807) is 0 Å². The van der Waals surface area contributed by atoms with Crippen LogP contribution in [0, 0.1) is 19.8 Å². The fourth-order valence-corrected chi connectivity index (χ4v) is 3.48. The van der Waals surface area contributed by atoms with E-state index in [-0.39, 0.29) is 0 Å². The van der Waals surface area contributed by atoms with Crippen LogP contribution in [0.4, 0.5) is 0 Å². The highest BCUT2D eigenvalue weighted by Gasteiger charge is 2.24. The molecule has 1 heterocycles. The number of hydrogen-bond donors (Lipinski definition) is 1. The summed E-state index contributed by atoms with van der Waals surface area (Å²) in [5.74, 6) is 0.800. The van der Waals surface area contributed by atoms with Crippen LogP contribution in [0.5, 0.6) is 0 Å². The summed E-state index contributed by atoms with van der Waals surface area (Å²) in [5.41, 5.74) is 4.24. The lowest BCUT2D eigenvalue weighted by Gasteiger charge is -2.37. The van der Waals surface area contributed by atoms with Gasteiger partial charge in [-0.15, -0.1) is 0 Å². The van der Waals surface area contributed by atoms with Gasteiger partial charge in [0.05, 0.1) is 0 Å². The maximum Gasteiger partial charge on any atom is 0.0320 e. The van der Waals surface area contributed by atoms with Gasteiger partial charge < -0.3 is 5.32 Å². The molecule has 1 aliphatic heterocycles. The van der Waals surface area contributed by atoms with E-state index in [9.17, 15) is 0 Å². The summed E-state index contributed by atoms with van der Waals surface area (Å²) in [6, 6.07) is 8.10. The standard InChI is InChI=1S/C19H32N2/c1-14(2)20-12-18-7-6-8-21(13-18)17(5)19-10-15(3)9-16(4)11-19/h9-11,14,17-18,20H,6-8,12-13H2,1-5H3. The molecule has 2 atom stereocenters. The summed E-state index contributed by atoms with van der Waals surface area (Å²) in [5, 5.41) is 3.61. The molecule has 2 nitrogen and oxygen atoms in total. The van der Waals surface area contributed by atoms with Gasteiger partial charge in [0.25, 0.3) is 0 Å². The molecule has 0 radical (unpaired) electrons. The van der Waals surface area contributed by atoms with Gasteiger partial charge in [-0.05, 0) is 58.2 Å².